The summed E-state index contributed by atoms with van der Waals surface area (Å²) in [5.74, 6) is 0. The average molecular weight is 246 g/mol. The van der Waals surface area contributed by atoms with E-state index in [4.69, 9.17) is 4.42 Å². The van der Waals surface area contributed by atoms with Gasteiger partial charge >= 0.3 is 0 Å². The third-order valence-electron chi connectivity index (χ3n) is 2.83. The molecule has 94 valence electrons. The second-order valence-electron chi connectivity index (χ2n) is 4.05. The summed E-state index contributed by atoms with van der Waals surface area (Å²) in [4.78, 5) is 10.5. The van der Waals surface area contributed by atoms with E-state index in [1.807, 2.05) is 13.0 Å². The molecule has 1 unspecified atom stereocenters. The monoisotopic (exact) mass is 246 g/mol. The lowest BCUT2D eigenvalue weighted by atomic mass is 10.1. The molecule has 1 aromatic heterocycles. The van der Waals surface area contributed by atoms with Crippen molar-refractivity contribution in [2.24, 2.45) is 0 Å². The summed E-state index contributed by atoms with van der Waals surface area (Å²) < 4.78 is 5.00. The van der Waals surface area contributed by atoms with Crippen LogP contribution in [0.2, 0.25) is 0 Å². The quantitative estimate of drug-likeness (QED) is 0.650. The van der Waals surface area contributed by atoms with Gasteiger partial charge in [0.1, 0.15) is 0 Å². The van der Waals surface area contributed by atoms with Gasteiger partial charge in [-0.15, -0.1) is 0 Å². The van der Waals surface area contributed by atoms with Gasteiger partial charge in [-0.1, -0.05) is 18.2 Å². The highest BCUT2D eigenvalue weighted by molar-refractivity contribution is 5.39. The Kier molecular flexibility index (Phi) is 3.74. The normalized spacial score (nSPS) is 12.3. The molecule has 0 saturated carbocycles. The van der Waals surface area contributed by atoms with Crippen molar-refractivity contribution in [3.05, 3.63) is 64.1 Å². The molecule has 0 aliphatic carbocycles. The Bertz CT molecular complexity index is 523. The van der Waals surface area contributed by atoms with Crippen molar-refractivity contribution in [3.8, 4) is 0 Å². The van der Waals surface area contributed by atoms with E-state index in [9.17, 15) is 10.1 Å². The Labute approximate surface area is 105 Å². The van der Waals surface area contributed by atoms with E-state index in [2.05, 4.69) is 5.32 Å². The van der Waals surface area contributed by atoms with E-state index >= 15 is 0 Å². The maximum absolute atomic E-state index is 10.9. The fourth-order valence-electron chi connectivity index (χ4n) is 1.74. The van der Waals surface area contributed by atoms with E-state index in [1.165, 1.54) is 6.07 Å². The maximum atomic E-state index is 10.9. The summed E-state index contributed by atoms with van der Waals surface area (Å²) >= 11 is 0. The first kappa shape index (κ1) is 12.3. The summed E-state index contributed by atoms with van der Waals surface area (Å²) in [5, 5.41) is 14.1. The van der Waals surface area contributed by atoms with Gasteiger partial charge in [-0.3, -0.25) is 10.1 Å². The van der Waals surface area contributed by atoms with Crippen LogP contribution in [0.25, 0.3) is 0 Å². The van der Waals surface area contributed by atoms with Gasteiger partial charge in [0.2, 0.25) is 0 Å². The fraction of sp³-hybridized carbons (Fsp3) is 0.231. The van der Waals surface area contributed by atoms with Crippen LogP contribution in [0.3, 0.4) is 0 Å². The van der Waals surface area contributed by atoms with Crippen molar-refractivity contribution in [1.29, 1.82) is 0 Å². The Hall–Kier alpha value is -2.14. The topological polar surface area (TPSA) is 68.3 Å². The van der Waals surface area contributed by atoms with Crippen LogP contribution in [0.1, 0.15) is 24.1 Å². The number of hydrogen-bond acceptors (Lipinski definition) is 4. The number of para-hydroxylation sites is 1. The van der Waals surface area contributed by atoms with Gasteiger partial charge in [-0.2, -0.15) is 0 Å². The van der Waals surface area contributed by atoms with E-state index in [0.717, 1.165) is 5.56 Å². The third-order valence-corrected chi connectivity index (χ3v) is 2.83. The Morgan fingerprint density at radius 2 is 2.17 bits per heavy atom. The van der Waals surface area contributed by atoms with Crippen LogP contribution < -0.4 is 5.32 Å². The zero-order chi connectivity index (χ0) is 13.0. The molecule has 0 fully saturated rings. The summed E-state index contributed by atoms with van der Waals surface area (Å²) in [6, 6.07) is 8.70. The van der Waals surface area contributed by atoms with Crippen molar-refractivity contribution in [3.63, 3.8) is 0 Å². The highest BCUT2D eigenvalue weighted by atomic mass is 16.6. The predicted octanol–water partition coefficient (Wildman–Crippen LogP) is 3.04. The van der Waals surface area contributed by atoms with Crippen molar-refractivity contribution < 1.29 is 9.34 Å². The second-order valence-corrected chi connectivity index (χ2v) is 4.05. The summed E-state index contributed by atoms with van der Waals surface area (Å²) in [6.07, 6.45) is 3.27. The summed E-state index contributed by atoms with van der Waals surface area (Å²) in [7, 11) is 0. The molecular formula is C13H14N2O3. The first-order chi connectivity index (χ1) is 8.68. The summed E-state index contributed by atoms with van der Waals surface area (Å²) in [5.41, 5.74) is 1.84. The minimum Gasteiger partial charge on any atom is -0.472 e. The number of nitrogens with one attached hydrogen (secondary N) is 1. The van der Waals surface area contributed by atoms with Gasteiger partial charge < -0.3 is 9.73 Å². The Morgan fingerprint density at radius 3 is 2.83 bits per heavy atom. The second kappa shape index (κ2) is 5.46. The van der Waals surface area contributed by atoms with Gasteiger partial charge in [-0.05, 0) is 13.0 Å². The van der Waals surface area contributed by atoms with Crippen molar-refractivity contribution >= 4 is 5.69 Å². The van der Waals surface area contributed by atoms with Gasteiger partial charge in [0.15, 0.2) is 0 Å². The predicted molar refractivity (Wildman–Crippen MR) is 67.1 cm³/mol. The lowest BCUT2D eigenvalue weighted by Crippen LogP contribution is -2.18. The number of furan rings is 1. The number of nitrogens with zero attached hydrogens (tertiary/aromatic N) is 1. The van der Waals surface area contributed by atoms with E-state index < -0.39 is 0 Å². The van der Waals surface area contributed by atoms with E-state index in [-0.39, 0.29) is 16.7 Å². The molecule has 0 saturated heterocycles. The molecule has 5 heteroatoms. The molecule has 2 rings (SSSR count). The molecule has 1 atom stereocenters. The number of hydrogen-bond donors (Lipinski definition) is 1. The third kappa shape index (κ3) is 2.75. The Balaban J connectivity index is 2.04. The summed E-state index contributed by atoms with van der Waals surface area (Å²) in [6.45, 7) is 2.43. The lowest BCUT2D eigenvalue weighted by Gasteiger charge is -2.11. The first-order valence-corrected chi connectivity index (χ1v) is 5.66. The standard InChI is InChI=1S/C13H14N2O3/c1-10(12-6-7-18-9-12)14-8-11-4-2-3-5-13(11)15(16)17/h2-7,9-10,14H,8H2,1H3. The number of nitro groups is 1. The maximum Gasteiger partial charge on any atom is 0.273 e. The molecule has 1 N–H and O–H groups in total. The van der Waals surface area contributed by atoms with E-state index in [1.54, 1.807) is 30.7 Å². The van der Waals surface area contributed by atoms with Crippen LogP contribution in [0, 0.1) is 10.1 Å². The van der Waals surface area contributed by atoms with Crippen LogP contribution in [0.5, 0.6) is 0 Å². The minimum atomic E-state index is -0.362. The zero-order valence-corrected chi connectivity index (χ0v) is 10.00. The highest BCUT2D eigenvalue weighted by Crippen LogP contribution is 2.19. The number of benzene rings is 1. The van der Waals surface area contributed by atoms with Gasteiger partial charge in [-0.25, -0.2) is 0 Å². The molecule has 5 nitrogen and oxygen atoms in total. The van der Waals surface area contributed by atoms with Crippen LogP contribution in [-0.2, 0) is 6.54 Å². The number of rotatable bonds is 5. The highest BCUT2D eigenvalue weighted by Gasteiger charge is 2.13. The van der Waals surface area contributed by atoms with Crippen molar-refractivity contribution in [2.45, 2.75) is 19.5 Å². The molecule has 1 aromatic carbocycles. The number of nitro benzene ring substituents is 1. The molecule has 0 amide bonds. The van der Waals surface area contributed by atoms with Crippen molar-refractivity contribution in [2.75, 3.05) is 0 Å². The fourth-order valence-corrected chi connectivity index (χ4v) is 1.74. The van der Waals surface area contributed by atoms with E-state index in [0.29, 0.717) is 12.1 Å². The molecule has 1 heterocycles. The first-order valence-electron chi connectivity index (χ1n) is 5.66. The van der Waals surface area contributed by atoms with Crippen LogP contribution >= 0.6 is 0 Å². The van der Waals surface area contributed by atoms with Crippen LogP contribution in [0.4, 0.5) is 5.69 Å². The van der Waals surface area contributed by atoms with Gasteiger partial charge in [0.05, 0.1) is 17.4 Å². The van der Waals surface area contributed by atoms with Gasteiger partial charge in [0.25, 0.3) is 5.69 Å². The van der Waals surface area contributed by atoms with Crippen molar-refractivity contribution in [1.82, 2.24) is 5.32 Å². The Morgan fingerprint density at radius 1 is 1.39 bits per heavy atom. The van der Waals surface area contributed by atoms with Crippen LogP contribution in [-0.4, -0.2) is 4.92 Å². The average Bonchev–Trinajstić information content (AvgIpc) is 2.90. The van der Waals surface area contributed by atoms with Crippen LogP contribution in [0.15, 0.2) is 47.3 Å². The molecule has 0 aliphatic rings. The molecule has 0 radical (unpaired) electrons. The lowest BCUT2D eigenvalue weighted by molar-refractivity contribution is -0.385. The smallest absolute Gasteiger partial charge is 0.273 e. The molecular weight excluding hydrogens is 232 g/mol. The molecule has 18 heavy (non-hydrogen) atoms. The largest absolute Gasteiger partial charge is 0.472 e. The molecule has 0 aliphatic heterocycles. The molecule has 0 bridgehead atoms. The molecule has 2 aromatic rings. The molecule has 0 spiro atoms. The minimum absolute atomic E-state index is 0.0866. The van der Waals surface area contributed by atoms with Gasteiger partial charge in [0, 0.05) is 29.8 Å². The SMILES string of the molecule is CC(NCc1ccccc1[N+](=O)[O-])c1ccoc1. The zero-order valence-electron chi connectivity index (χ0n) is 10.00.